The standard InChI is InChI=1S/C21H27N5O2S/c1-3-8-28-15-6-7-16-17(10-15)29-20(25-16)18-12(2)23-21(22)26-19(18)24-14-5-4-13(9-14)11-27/h6-7,10,13-14,27H,3-5,8-9,11H2,1-2H3,(H3,22,23,24,26). The van der Waals surface area contributed by atoms with Crippen molar-refractivity contribution in [3.63, 3.8) is 0 Å². The molecule has 1 saturated carbocycles. The van der Waals surface area contributed by atoms with Crippen molar-refractivity contribution in [3.05, 3.63) is 23.9 Å². The predicted molar refractivity (Wildman–Crippen MR) is 117 cm³/mol. The molecule has 29 heavy (non-hydrogen) atoms. The van der Waals surface area contributed by atoms with Crippen LogP contribution in [0, 0.1) is 12.8 Å². The number of nitrogens with two attached hydrogens (primary N) is 1. The third-order valence-corrected chi connectivity index (χ3v) is 6.33. The van der Waals surface area contributed by atoms with Gasteiger partial charge in [0.1, 0.15) is 16.6 Å². The predicted octanol–water partition coefficient (Wildman–Crippen LogP) is 4.01. The van der Waals surface area contributed by atoms with Crippen LogP contribution < -0.4 is 15.8 Å². The molecule has 2 heterocycles. The van der Waals surface area contributed by atoms with Gasteiger partial charge in [0.15, 0.2) is 0 Å². The van der Waals surface area contributed by atoms with Gasteiger partial charge in [0.2, 0.25) is 5.95 Å². The topological polar surface area (TPSA) is 106 Å². The molecule has 2 unspecified atom stereocenters. The quantitative estimate of drug-likeness (QED) is 0.537. The van der Waals surface area contributed by atoms with E-state index < -0.39 is 0 Å². The van der Waals surface area contributed by atoms with Gasteiger partial charge in [-0.25, -0.2) is 9.97 Å². The summed E-state index contributed by atoms with van der Waals surface area (Å²) in [4.78, 5) is 13.7. The van der Waals surface area contributed by atoms with Crippen molar-refractivity contribution in [2.24, 2.45) is 5.92 Å². The summed E-state index contributed by atoms with van der Waals surface area (Å²) < 4.78 is 6.82. The fraction of sp³-hybridized carbons (Fsp3) is 0.476. The number of nitrogens with one attached hydrogen (secondary N) is 1. The van der Waals surface area contributed by atoms with Crippen LogP contribution in [0.2, 0.25) is 0 Å². The molecule has 3 aromatic rings. The highest BCUT2D eigenvalue weighted by Gasteiger charge is 2.26. The third-order valence-electron chi connectivity index (χ3n) is 5.29. The van der Waals surface area contributed by atoms with Gasteiger partial charge in [0.05, 0.1) is 28.1 Å². The Kier molecular flexibility index (Phi) is 5.82. The van der Waals surface area contributed by atoms with Crippen molar-refractivity contribution < 1.29 is 9.84 Å². The van der Waals surface area contributed by atoms with E-state index in [2.05, 4.69) is 22.2 Å². The van der Waals surface area contributed by atoms with E-state index >= 15 is 0 Å². The van der Waals surface area contributed by atoms with E-state index in [1.54, 1.807) is 11.3 Å². The summed E-state index contributed by atoms with van der Waals surface area (Å²) >= 11 is 1.60. The van der Waals surface area contributed by atoms with E-state index in [9.17, 15) is 5.11 Å². The molecular formula is C21H27N5O2S. The van der Waals surface area contributed by atoms with E-state index in [1.807, 2.05) is 25.1 Å². The number of rotatable bonds is 7. The van der Waals surface area contributed by atoms with Gasteiger partial charge >= 0.3 is 0 Å². The number of hydrogen-bond donors (Lipinski definition) is 3. The average Bonchev–Trinajstić information content (AvgIpc) is 3.31. The van der Waals surface area contributed by atoms with Gasteiger partial charge < -0.3 is 20.9 Å². The lowest BCUT2D eigenvalue weighted by Gasteiger charge is -2.17. The minimum atomic E-state index is 0.232. The third kappa shape index (κ3) is 4.28. The van der Waals surface area contributed by atoms with E-state index in [1.165, 1.54) is 0 Å². The van der Waals surface area contributed by atoms with E-state index in [4.69, 9.17) is 15.5 Å². The number of aliphatic hydroxyl groups is 1. The fourth-order valence-electron chi connectivity index (χ4n) is 3.84. The minimum absolute atomic E-state index is 0.232. The molecule has 2 atom stereocenters. The molecule has 1 fully saturated rings. The summed E-state index contributed by atoms with van der Waals surface area (Å²) in [7, 11) is 0. The van der Waals surface area contributed by atoms with Crippen molar-refractivity contribution in [1.29, 1.82) is 0 Å². The molecule has 7 nitrogen and oxygen atoms in total. The van der Waals surface area contributed by atoms with Gasteiger partial charge in [-0.2, -0.15) is 4.98 Å². The van der Waals surface area contributed by atoms with Crippen molar-refractivity contribution in [2.45, 2.75) is 45.6 Å². The first-order valence-electron chi connectivity index (χ1n) is 10.1. The van der Waals surface area contributed by atoms with Crippen LogP contribution in [0.3, 0.4) is 0 Å². The molecule has 2 aromatic heterocycles. The van der Waals surface area contributed by atoms with Gasteiger partial charge in [0, 0.05) is 12.6 Å². The summed E-state index contributed by atoms with van der Waals surface area (Å²) in [6.45, 7) is 4.96. The molecule has 1 aliphatic rings. The number of nitrogen functional groups attached to an aromatic ring is 1. The largest absolute Gasteiger partial charge is 0.494 e. The number of ether oxygens (including phenoxy) is 1. The fourth-order valence-corrected chi connectivity index (χ4v) is 4.93. The summed E-state index contributed by atoms with van der Waals surface area (Å²) in [5.74, 6) is 2.18. The molecule has 4 N–H and O–H groups in total. The van der Waals surface area contributed by atoms with Gasteiger partial charge in [0.25, 0.3) is 0 Å². The molecule has 0 spiro atoms. The van der Waals surface area contributed by atoms with Crippen molar-refractivity contribution in [3.8, 4) is 16.3 Å². The Bertz CT molecular complexity index is 1010. The van der Waals surface area contributed by atoms with Crippen LogP contribution >= 0.6 is 11.3 Å². The van der Waals surface area contributed by atoms with Crippen molar-refractivity contribution in [1.82, 2.24) is 15.0 Å². The van der Waals surface area contributed by atoms with Crippen LogP contribution in [0.25, 0.3) is 20.8 Å². The van der Waals surface area contributed by atoms with Gasteiger partial charge in [-0.15, -0.1) is 11.3 Å². The lowest BCUT2D eigenvalue weighted by molar-refractivity contribution is 0.229. The van der Waals surface area contributed by atoms with Crippen LogP contribution in [0.4, 0.5) is 11.8 Å². The van der Waals surface area contributed by atoms with E-state index in [0.29, 0.717) is 12.5 Å². The highest BCUT2D eigenvalue weighted by molar-refractivity contribution is 7.21. The summed E-state index contributed by atoms with van der Waals surface area (Å²) in [5, 5.41) is 13.8. The number of nitrogens with zero attached hydrogens (tertiary/aromatic N) is 3. The van der Waals surface area contributed by atoms with Gasteiger partial charge in [-0.3, -0.25) is 0 Å². The van der Waals surface area contributed by atoms with Gasteiger partial charge in [-0.05, 0) is 56.7 Å². The minimum Gasteiger partial charge on any atom is -0.494 e. The first kappa shape index (κ1) is 19.8. The molecule has 0 radical (unpaired) electrons. The normalized spacial score (nSPS) is 19.0. The highest BCUT2D eigenvalue weighted by Crippen LogP contribution is 2.38. The zero-order chi connectivity index (χ0) is 20.4. The van der Waals surface area contributed by atoms with Crippen LogP contribution in [0.15, 0.2) is 18.2 Å². The number of benzene rings is 1. The maximum Gasteiger partial charge on any atom is 0.222 e. The van der Waals surface area contributed by atoms with Crippen LogP contribution in [-0.2, 0) is 0 Å². The Morgan fingerprint density at radius 1 is 1.28 bits per heavy atom. The Labute approximate surface area is 174 Å². The molecule has 0 bridgehead atoms. The molecular weight excluding hydrogens is 386 g/mol. The second-order valence-corrected chi connectivity index (χ2v) is 8.62. The number of thiazole rings is 1. The molecule has 0 saturated heterocycles. The molecule has 0 amide bonds. The SMILES string of the molecule is CCCOc1ccc2nc(-c3c(C)nc(N)nc3NC3CCC(CO)C3)sc2c1. The number of hydrogen-bond acceptors (Lipinski definition) is 8. The van der Waals surface area contributed by atoms with Crippen LogP contribution in [0.5, 0.6) is 5.75 Å². The maximum atomic E-state index is 9.44. The molecule has 1 aliphatic carbocycles. The Hall–Kier alpha value is -2.45. The highest BCUT2D eigenvalue weighted by atomic mass is 32.1. The molecule has 8 heteroatoms. The second-order valence-electron chi connectivity index (χ2n) is 7.59. The Morgan fingerprint density at radius 2 is 2.14 bits per heavy atom. The monoisotopic (exact) mass is 413 g/mol. The Morgan fingerprint density at radius 3 is 2.90 bits per heavy atom. The van der Waals surface area contributed by atoms with Crippen molar-refractivity contribution in [2.75, 3.05) is 24.3 Å². The summed E-state index contributed by atoms with van der Waals surface area (Å²) in [6, 6.07) is 6.25. The lowest BCUT2D eigenvalue weighted by Crippen LogP contribution is -2.19. The first-order chi connectivity index (χ1) is 14.1. The average molecular weight is 414 g/mol. The maximum absolute atomic E-state index is 9.44. The first-order valence-corrected chi connectivity index (χ1v) is 10.9. The van der Waals surface area contributed by atoms with Crippen molar-refractivity contribution >= 4 is 33.3 Å². The molecule has 4 rings (SSSR count). The number of aliphatic hydroxyl groups excluding tert-OH is 1. The van der Waals surface area contributed by atoms with Crippen LogP contribution in [0.1, 0.15) is 38.3 Å². The van der Waals surface area contributed by atoms with E-state index in [0.717, 1.165) is 63.7 Å². The smallest absolute Gasteiger partial charge is 0.222 e. The summed E-state index contributed by atoms with van der Waals surface area (Å²) in [5.41, 5.74) is 8.56. The number of anilines is 2. The lowest BCUT2D eigenvalue weighted by atomic mass is 10.1. The number of fused-ring (bicyclic) bond motifs is 1. The Balaban J connectivity index is 1.68. The zero-order valence-corrected chi connectivity index (χ0v) is 17.6. The molecule has 154 valence electrons. The van der Waals surface area contributed by atoms with Crippen LogP contribution in [-0.4, -0.2) is 39.3 Å². The number of aromatic nitrogens is 3. The summed E-state index contributed by atoms with van der Waals surface area (Å²) in [6.07, 6.45) is 3.93. The molecule has 0 aliphatic heterocycles. The van der Waals surface area contributed by atoms with Gasteiger partial charge in [-0.1, -0.05) is 6.92 Å². The second kappa shape index (κ2) is 8.51. The number of aryl methyl sites for hydroxylation is 1. The zero-order valence-electron chi connectivity index (χ0n) is 16.8. The van der Waals surface area contributed by atoms with E-state index in [-0.39, 0.29) is 18.6 Å². The molecule has 1 aromatic carbocycles.